The van der Waals surface area contributed by atoms with Crippen LogP contribution in [0.15, 0.2) is 35.2 Å². The summed E-state index contributed by atoms with van der Waals surface area (Å²) in [7, 11) is -3.56. The molecular formula is C15H19NO3S2. The van der Waals surface area contributed by atoms with E-state index in [2.05, 4.69) is 4.72 Å². The van der Waals surface area contributed by atoms with Crippen LogP contribution in [0.2, 0.25) is 0 Å². The van der Waals surface area contributed by atoms with Crippen LogP contribution in [0.3, 0.4) is 0 Å². The first kappa shape index (κ1) is 15.9. The van der Waals surface area contributed by atoms with Crippen molar-refractivity contribution in [1.82, 2.24) is 0 Å². The molecule has 0 saturated carbocycles. The van der Waals surface area contributed by atoms with Crippen LogP contribution in [-0.4, -0.2) is 14.5 Å². The fourth-order valence-corrected chi connectivity index (χ4v) is 4.00. The molecule has 0 fully saturated rings. The second-order valence-electron chi connectivity index (χ2n) is 5.09. The van der Waals surface area contributed by atoms with Crippen LogP contribution in [0.4, 0.5) is 5.00 Å². The van der Waals surface area contributed by atoms with Crippen LogP contribution in [0, 0.1) is 13.8 Å². The average molecular weight is 325 g/mol. The Morgan fingerprint density at radius 3 is 2.24 bits per heavy atom. The number of ether oxygens (including phenoxy) is 1. The van der Waals surface area contributed by atoms with Crippen LogP contribution < -0.4 is 9.46 Å². The second-order valence-corrected chi connectivity index (χ2v) is 8.03. The lowest BCUT2D eigenvalue weighted by Crippen LogP contribution is -2.12. The lowest BCUT2D eigenvalue weighted by Gasteiger charge is -2.10. The maximum atomic E-state index is 12.3. The number of anilines is 1. The highest BCUT2D eigenvalue weighted by Gasteiger charge is 2.16. The van der Waals surface area contributed by atoms with Crippen LogP contribution >= 0.6 is 11.3 Å². The van der Waals surface area contributed by atoms with Gasteiger partial charge in [-0.05, 0) is 63.6 Å². The molecule has 0 spiro atoms. The Balaban J connectivity index is 2.19. The van der Waals surface area contributed by atoms with Crippen molar-refractivity contribution < 1.29 is 13.2 Å². The smallest absolute Gasteiger partial charge is 0.262 e. The van der Waals surface area contributed by atoms with Gasteiger partial charge in [0, 0.05) is 4.88 Å². The Hall–Kier alpha value is -1.53. The van der Waals surface area contributed by atoms with E-state index in [-0.39, 0.29) is 11.0 Å². The Bertz CT molecular complexity index is 696. The SMILES string of the molecule is Cc1cc(NS(=O)(=O)c2ccc(OC(C)C)cc2)sc1C. The first-order valence-corrected chi connectivity index (χ1v) is 8.94. The molecule has 0 atom stereocenters. The van der Waals surface area contributed by atoms with Crippen molar-refractivity contribution in [3.05, 3.63) is 40.8 Å². The predicted molar refractivity (Wildman–Crippen MR) is 86.8 cm³/mol. The molecule has 0 aliphatic heterocycles. The van der Waals surface area contributed by atoms with Crippen molar-refractivity contribution in [2.45, 2.75) is 38.7 Å². The minimum Gasteiger partial charge on any atom is -0.491 e. The topological polar surface area (TPSA) is 55.4 Å². The van der Waals surface area contributed by atoms with E-state index in [1.807, 2.05) is 33.8 Å². The first-order chi connectivity index (χ1) is 9.78. The summed E-state index contributed by atoms with van der Waals surface area (Å²) in [6.07, 6.45) is 0.0580. The monoisotopic (exact) mass is 325 g/mol. The number of hydrogen-bond donors (Lipinski definition) is 1. The van der Waals surface area contributed by atoms with Gasteiger partial charge in [-0.1, -0.05) is 0 Å². The number of hydrogen-bond acceptors (Lipinski definition) is 4. The van der Waals surface area contributed by atoms with E-state index in [4.69, 9.17) is 4.74 Å². The summed E-state index contributed by atoms with van der Waals surface area (Å²) < 4.78 is 32.7. The van der Waals surface area contributed by atoms with E-state index in [0.717, 1.165) is 10.4 Å². The molecule has 0 bridgehead atoms. The minimum absolute atomic E-state index is 0.0580. The van der Waals surface area contributed by atoms with Crippen LogP contribution in [0.25, 0.3) is 0 Å². The van der Waals surface area contributed by atoms with Gasteiger partial charge in [0.1, 0.15) is 10.8 Å². The molecule has 1 N–H and O–H groups in total. The van der Waals surface area contributed by atoms with Gasteiger partial charge in [-0.3, -0.25) is 4.72 Å². The Labute approximate surface area is 129 Å². The van der Waals surface area contributed by atoms with Gasteiger partial charge < -0.3 is 4.74 Å². The molecule has 4 nitrogen and oxygen atoms in total. The summed E-state index contributed by atoms with van der Waals surface area (Å²) in [4.78, 5) is 1.33. The Morgan fingerprint density at radius 1 is 1.14 bits per heavy atom. The lowest BCUT2D eigenvalue weighted by atomic mass is 10.3. The minimum atomic E-state index is -3.56. The highest BCUT2D eigenvalue weighted by molar-refractivity contribution is 7.93. The molecule has 114 valence electrons. The van der Waals surface area contributed by atoms with Crippen LogP contribution in [0.5, 0.6) is 5.75 Å². The van der Waals surface area contributed by atoms with Gasteiger partial charge in [0.15, 0.2) is 0 Å². The van der Waals surface area contributed by atoms with Crippen LogP contribution in [-0.2, 0) is 10.0 Å². The van der Waals surface area contributed by atoms with Gasteiger partial charge in [0.2, 0.25) is 0 Å². The molecule has 1 aromatic heterocycles. The first-order valence-electron chi connectivity index (χ1n) is 6.64. The highest BCUT2D eigenvalue weighted by Crippen LogP contribution is 2.28. The molecule has 21 heavy (non-hydrogen) atoms. The molecule has 6 heteroatoms. The van der Waals surface area contributed by atoms with Crippen molar-refractivity contribution in [1.29, 1.82) is 0 Å². The zero-order valence-electron chi connectivity index (χ0n) is 12.5. The predicted octanol–water partition coefficient (Wildman–Crippen LogP) is 3.95. The zero-order chi connectivity index (χ0) is 15.6. The number of sulfonamides is 1. The van der Waals surface area contributed by atoms with Gasteiger partial charge >= 0.3 is 0 Å². The molecule has 0 amide bonds. The summed E-state index contributed by atoms with van der Waals surface area (Å²) in [5.41, 5.74) is 1.08. The number of aryl methyl sites for hydroxylation is 2. The van der Waals surface area contributed by atoms with Gasteiger partial charge in [0.25, 0.3) is 10.0 Å². The van der Waals surface area contributed by atoms with E-state index >= 15 is 0 Å². The Morgan fingerprint density at radius 2 is 1.76 bits per heavy atom. The van der Waals surface area contributed by atoms with Gasteiger partial charge in [-0.25, -0.2) is 8.42 Å². The summed E-state index contributed by atoms with van der Waals surface area (Å²) >= 11 is 1.43. The molecule has 1 aromatic carbocycles. The summed E-state index contributed by atoms with van der Waals surface area (Å²) in [6, 6.07) is 8.27. The number of benzene rings is 1. The van der Waals surface area contributed by atoms with Gasteiger partial charge in [-0.15, -0.1) is 11.3 Å². The molecule has 0 aliphatic rings. The zero-order valence-corrected chi connectivity index (χ0v) is 14.1. The van der Waals surface area contributed by atoms with E-state index < -0.39 is 10.0 Å². The number of nitrogens with one attached hydrogen (secondary N) is 1. The average Bonchev–Trinajstić information content (AvgIpc) is 2.67. The third-order valence-electron chi connectivity index (χ3n) is 2.91. The highest BCUT2D eigenvalue weighted by atomic mass is 32.2. The van der Waals surface area contributed by atoms with Crippen molar-refractivity contribution >= 4 is 26.4 Å². The van der Waals surface area contributed by atoms with E-state index in [1.165, 1.54) is 11.3 Å². The lowest BCUT2D eigenvalue weighted by molar-refractivity contribution is 0.242. The maximum absolute atomic E-state index is 12.3. The number of thiophene rings is 1. The molecule has 1 heterocycles. The standard InChI is InChI=1S/C15H19NO3S2/c1-10(2)19-13-5-7-14(8-6-13)21(17,18)16-15-9-11(3)12(4)20-15/h5-10,16H,1-4H3. The maximum Gasteiger partial charge on any atom is 0.262 e. The number of rotatable bonds is 5. The van der Waals surface area contributed by atoms with E-state index in [9.17, 15) is 8.42 Å². The summed E-state index contributed by atoms with van der Waals surface area (Å²) in [5.74, 6) is 0.659. The third-order valence-corrected chi connectivity index (χ3v) is 5.49. The van der Waals surface area contributed by atoms with Crippen molar-refractivity contribution in [3.8, 4) is 5.75 Å². The van der Waals surface area contributed by atoms with E-state index in [1.54, 1.807) is 24.3 Å². The molecule has 2 rings (SSSR count). The molecular weight excluding hydrogens is 306 g/mol. The fourth-order valence-electron chi connectivity index (χ4n) is 1.78. The summed E-state index contributed by atoms with van der Waals surface area (Å²) in [6.45, 7) is 7.78. The van der Waals surface area contributed by atoms with Gasteiger partial charge in [0.05, 0.1) is 11.0 Å². The Kier molecular flexibility index (Phi) is 4.58. The van der Waals surface area contributed by atoms with E-state index in [0.29, 0.717) is 10.8 Å². The second kappa shape index (κ2) is 6.07. The normalized spacial score (nSPS) is 11.7. The molecule has 2 aromatic rings. The van der Waals surface area contributed by atoms with Crippen LogP contribution in [0.1, 0.15) is 24.3 Å². The largest absolute Gasteiger partial charge is 0.491 e. The quantitative estimate of drug-likeness (QED) is 0.905. The molecule has 0 saturated heterocycles. The fraction of sp³-hybridized carbons (Fsp3) is 0.333. The molecule has 0 aliphatic carbocycles. The third kappa shape index (κ3) is 3.98. The van der Waals surface area contributed by atoms with Gasteiger partial charge in [-0.2, -0.15) is 0 Å². The molecule has 0 unspecified atom stereocenters. The summed E-state index contributed by atoms with van der Waals surface area (Å²) in [5, 5.41) is 0.632. The van der Waals surface area contributed by atoms with Crippen molar-refractivity contribution in [2.24, 2.45) is 0 Å². The van der Waals surface area contributed by atoms with Crippen molar-refractivity contribution in [2.75, 3.05) is 4.72 Å². The molecule has 0 radical (unpaired) electrons. The van der Waals surface area contributed by atoms with Crippen molar-refractivity contribution in [3.63, 3.8) is 0 Å².